The molecule has 7 heteroatoms. The number of rotatable bonds is 3. The van der Waals surface area contributed by atoms with E-state index in [1.54, 1.807) is 7.05 Å². The molecule has 0 aliphatic carbocycles. The third-order valence-electron chi connectivity index (χ3n) is 2.67. The standard InChI is InChI=1S/C9H16N4O2S/c1-13-9(4-6-11-13)16(14,15)12-8-3-2-5-10-7-8/h4,6,8,10,12H,2-3,5,7H2,1H3/t8-/m1/s1. The Morgan fingerprint density at radius 1 is 1.62 bits per heavy atom. The van der Waals surface area contributed by atoms with Gasteiger partial charge in [-0.2, -0.15) is 5.10 Å². The highest BCUT2D eigenvalue weighted by Crippen LogP contribution is 2.09. The lowest BCUT2D eigenvalue weighted by Crippen LogP contribution is -2.45. The van der Waals surface area contributed by atoms with Crippen LogP contribution in [0.25, 0.3) is 0 Å². The molecule has 1 fully saturated rings. The molecule has 6 nitrogen and oxygen atoms in total. The molecule has 0 spiro atoms. The first kappa shape index (κ1) is 11.6. The van der Waals surface area contributed by atoms with Crippen LogP contribution >= 0.6 is 0 Å². The van der Waals surface area contributed by atoms with E-state index in [1.165, 1.54) is 16.9 Å². The molecule has 1 aliphatic rings. The van der Waals surface area contributed by atoms with Crippen molar-refractivity contribution in [3.63, 3.8) is 0 Å². The zero-order chi connectivity index (χ0) is 11.6. The maximum atomic E-state index is 12.0. The van der Waals surface area contributed by atoms with E-state index in [0.717, 1.165) is 19.4 Å². The molecule has 0 saturated carbocycles. The first-order valence-electron chi connectivity index (χ1n) is 5.30. The van der Waals surface area contributed by atoms with Gasteiger partial charge < -0.3 is 5.32 Å². The van der Waals surface area contributed by atoms with Crippen LogP contribution in [-0.2, 0) is 17.1 Å². The van der Waals surface area contributed by atoms with E-state index >= 15 is 0 Å². The molecule has 0 bridgehead atoms. The molecule has 1 aromatic heterocycles. The second kappa shape index (κ2) is 4.52. The van der Waals surface area contributed by atoms with Gasteiger partial charge in [-0.25, -0.2) is 13.1 Å². The fourth-order valence-electron chi connectivity index (χ4n) is 1.86. The van der Waals surface area contributed by atoms with E-state index < -0.39 is 10.0 Å². The second-order valence-corrected chi connectivity index (χ2v) is 5.62. The average Bonchev–Trinajstić information content (AvgIpc) is 2.66. The Morgan fingerprint density at radius 2 is 2.44 bits per heavy atom. The minimum absolute atomic E-state index is 0.0198. The summed E-state index contributed by atoms with van der Waals surface area (Å²) in [6.45, 7) is 1.65. The van der Waals surface area contributed by atoms with E-state index in [9.17, 15) is 8.42 Å². The Hall–Kier alpha value is -0.920. The van der Waals surface area contributed by atoms with Crippen molar-refractivity contribution < 1.29 is 8.42 Å². The third-order valence-corrected chi connectivity index (χ3v) is 4.26. The van der Waals surface area contributed by atoms with Gasteiger partial charge in [-0.15, -0.1) is 0 Å². The minimum Gasteiger partial charge on any atom is -0.315 e. The average molecular weight is 244 g/mol. The van der Waals surface area contributed by atoms with Crippen LogP contribution in [0.1, 0.15) is 12.8 Å². The van der Waals surface area contributed by atoms with Crippen LogP contribution in [-0.4, -0.2) is 37.3 Å². The molecule has 1 aromatic rings. The maximum absolute atomic E-state index is 12.0. The summed E-state index contributed by atoms with van der Waals surface area (Å²) in [4.78, 5) is 0. The Bertz CT molecular complexity index is 448. The van der Waals surface area contributed by atoms with Crippen LogP contribution < -0.4 is 10.0 Å². The molecule has 16 heavy (non-hydrogen) atoms. The van der Waals surface area contributed by atoms with Crippen LogP contribution in [0.3, 0.4) is 0 Å². The summed E-state index contributed by atoms with van der Waals surface area (Å²) < 4.78 is 28.0. The summed E-state index contributed by atoms with van der Waals surface area (Å²) in [7, 11) is -1.82. The molecule has 2 N–H and O–H groups in total. The maximum Gasteiger partial charge on any atom is 0.257 e. The number of piperidine rings is 1. The Kier molecular flexibility index (Phi) is 3.27. The fourth-order valence-corrected chi connectivity index (χ4v) is 3.25. The van der Waals surface area contributed by atoms with Crippen molar-refractivity contribution in [3.8, 4) is 0 Å². The summed E-state index contributed by atoms with van der Waals surface area (Å²) in [5.41, 5.74) is 0. The van der Waals surface area contributed by atoms with Gasteiger partial charge in [0.2, 0.25) is 0 Å². The van der Waals surface area contributed by atoms with Crippen molar-refractivity contribution in [3.05, 3.63) is 12.3 Å². The Morgan fingerprint density at radius 3 is 3.00 bits per heavy atom. The number of aryl methyl sites for hydroxylation is 1. The van der Waals surface area contributed by atoms with Gasteiger partial charge in [0, 0.05) is 19.6 Å². The van der Waals surface area contributed by atoms with Gasteiger partial charge in [-0.05, 0) is 25.5 Å². The predicted octanol–water partition coefficient (Wildman–Crippen LogP) is -0.550. The van der Waals surface area contributed by atoms with Crippen LogP contribution in [0.5, 0.6) is 0 Å². The van der Waals surface area contributed by atoms with Gasteiger partial charge in [0.25, 0.3) is 10.0 Å². The molecular weight excluding hydrogens is 228 g/mol. The Labute approximate surface area is 95.1 Å². The number of aromatic nitrogens is 2. The first-order valence-corrected chi connectivity index (χ1v) is 6.79. The molecule has 0 aromatic carbocycles. The van der Waals surface area contributed by atoms with Gasteiger partial charge in [0.15, 0.2) is 5.03 Å². The quantitative estimate of drug-likeness (QED) is 0.748. The summed E-state index contributed by atoms with van der Waals surface area (Å²) in [6, 6.07) is 1.48. The minimum atomic E-state index is -3.44. The highest BCUT2D eigenvalue weighted by molar-refractivity contribution is 7.89. The number of nitrogens with zero attached hydrogens (tertiary/aromatic N) is 2. The lowest BCUT2D eigenvalue weighted by Gasteiger charge is -2.23. The van der Waals surface area contributed by atoms with Crippen LogP contribution in [0.15, 0.2) is 17.3 Å². The molecule has 0 unspecified atom stereocenters. The van der Waals surface area contributed by atoms with Gasteiger partial charge in [-0.1, -0.05) is 0 Å². The topological polar surface area (TPSA) is 76.0 Å². The number of nitrogens with one attached hydrogen (secondary N) is 2. The smallest absolute Gasteiger partial charge is 0.257 e. The molecular formula is C9H16N4O2S. The van der Waals surface area contributed by atoms with Crippen molar-refractivity contribution in [2.45, 2.75) is 23.9 Å². The van der Waals surface area contributed by atoms with E-state index in [0.29, 0.717) is 6.54 Å². The van der Waals surface area contributed by atoms with E-state index in [1.807, 2.05) is 0 Å². The van der Waals surface area contributed by atoms with Crippen molar-refractivity contribution in [1.29, 1.82) is 0 Å². The number of sulfonamides is 1. The van der Waals surface area contributed by atoms with Crippen molar-refractivity contribution in [2.75, 3.05) is 13.1 Å². The molecule has 0 radical (unpaired) electrons. The van der Waals surface area contributed by atoms with E-state index in [2.05, 4.69) is 15.1 Å². The lowest BCUT2D eigenvalue weighted by atomic mass is 10.1. The summed E-state index contributed by atoms with van der Waals surface area (Å²) in [5.74, 6) is 0. The molecule has 1 atom stereocenters. The van der Waals surface area contributed by atoms with E-state index in [4.69, 9.17) is 0 Å². The molecule has 1 aliphatic heterocycles. The number of hydrogen-bond donors (Lipinski definition) is 2. The molecule has 0 amide bonds. The zero-order valence-corrected chi connectivity index (χ0v) is 10.00. The molecule has 90 valence electrons. The fraction of sp³-hybridized carbons (Fsp3) is 0.667. The van der Waals surface area contributed by atoms with E-state index in [-0.39, 0.29) is 11.1 Å². The second-order valence-electron chi connectivity index (χ2n) is 3.96. The third kappa shape index (κ3) is 2.42. The van der Waals surface area contributed by atoms with Crippen LogP contribution in [0.4, 0.5) is 0 Å². The highest BCUT2D eigenvalue weighted by atomic mass is 32.2. The molecule has 1 saturated heterocycles. The van der Waals surface area contributed by atoms with Gasteiger partial charge in [0.1, 0.15) is 0 Å². The van der Waals surface area contributed by atoms with Crippen LogP contribution in [0.2, 0.25) is 0 Å². The Balaban J connectivity index is 2.11. The molecule has 2 heterocycles. The van der Waals surface area contributed by atoms with Crippen molar-refractivity contribution in [2.24, 2.45) is 7.05 Å². The van der Waals surface area contributed by atoms with Crippen molar-refractivity contribution in [1.82, 2.24) is 19.8 Å². The summed E-state index contributed by atoms with van der Waals surface area (Å²) >= 11 is 0. The lowest BCUT2D eigenvalue weighted by molar-refractivity contribution is 0.427. The van der Waals surface area contributed by atoms with Gasteiger partial charge >= 0.3 is 0 Å². The van der Waals surface area contributed by atoms with Gasteiger partial charge in [-0.3, -0.25) is 4.68 Å². The van der Waals surface area contributed by atoms with Crippen molar-refractivity contribution >= 4 is 10.0 Å². The summed E-state index contributed by atoms with van der Waals surface area (Å²) in [6.07, 6.45) is 3.36. The van der Waals surface area contributed by atoms with Crippen LogP contribution in [0, 0.1) is 0 Å². The number of hydrogen-bond acceptors (Lipinski definition) is 4. The SMILES string of the molecule is Cn1nccc1S(=O)(=O)N[C@@H]1CCCNC1. The highest BCUT2D eigenvalue weighted by Gasteiger charge is 2.23. The molecule has 2 rings (SSSR count). The monoisotopic (exact) mass is 244 g/mol. The zero-order valence-electron chi connectivity index (χ0n) is 9.18. The normalized spacial score (nSPS) is 22.2. The predicted molar refractivity (Wildman–Crippen MR) is 59.4 cm³/mol. The summed E-state index contributed by atoms with van der Waals surface area (Å²) in [5, 5.41) is 7.23. The first-order chi connectivity index (χ1) is 7.59. The largest absolute Gasteiger partial charge is 0.315 e. The van der Waals surface area contributed by atoms with Gasteiger partial charge in [0.05, 0.1) is 6.20 Å².